The fourth-order valence-corrected chi connectivity index (χ4v) is 2.12. The van der Waals surface area contributed by atoms with Gasteiger partial charge in [-0.05, 0) is 30.9 Å². The summed E-state index contributed by atoms with van der Waals surface area (Å²) in [5.41, 5.74) is 1.78. The van der Waals surface area contributed by atoms with E-state index in [4.69, 9.17) is 4.74 Å². The zero-order chi connectivity index (χ0) is 13.7. The van der Waals surface area contributed by atoms with Crippen molar-refractivity contribution in [2.45, 2.75) is 33.8 Å². The van der Waals surface area contributed by atoms with E-state index in [1.54, 1.807) is 6.92 Å². The number of hydrogen-bond donors (Lipinski definition) is 1. The van der Waals surface area contributed by atoms with E-state index in [2.05, 4.69) is 0 Å². The predicted octanol–water partition coefficient (Wildman–Crippen LogP) is 2.86. The summed E-state index contributed by atoms with van der Waals surface area (Å²) in [5, 5.41) is 10.4. The number of hydrogen-bond acceptors (Lipinski definition) is 3. The maximum Gasteiger partial charge on any atom is 0.312 e. The molecule has 2 atom stereocenters. The number of aryl methyl sites for hydroxylation is 1. The van der Waals surface area contributed by atoms with Gasteiger partial charge in [0.25, 0.3) is 0 Å². The van der Waals surface area contributed by atoms with Crippen molar-refractivity contribution in [3.63, 3.8) is 0 Å². The van der Waals surface area contributed by atoms with Gasteiger partial charge in [-0.2, -0.15) is 0 Å². The van der Waals surface area contributed by atoms with Crippen molar-refractivity contribution in [2.24, 2.45) is 11.8 Å². The van der Waals surface area contributed by atoms with E-state index < -0.39 is 12.0 Å². The maximum atomic E-state index is 11.9. The fourth-order valence-electron chi connectivity index (χ4n) is 2.12. The molecule has 0 spiro atoms. The van der Waals surface area contributed by atoms with E-state index >= 15 is 0 Å². The molecule has 0 fully saturated rings. The first kappa shape index (κ1) is 14.7. The third kappa shape index (κ3) is 3.33. The molecule has 100 valence electrons. The van der Waals surface area contributed by atoms with Crippen molar-refractivity contribution in [1.29, 1.82) is 0 Å². The van der Waals surface area contributed by atoms with Crippen LogP contribution in [-0.4, -0.2) is 17.7 Å². The van der Waals surface area contributed by atoms with Crippen molar-refractivity contribution in [1.82, 2.24) is 0 Å². The summed E-state index contributed by atoms with van der Waals surface area (Å²) in [6.45, 7) is 7.88. The maximum absolute atomic E-state index is 11.9. The summed E-state index contributed by atoms with van der Waals surface area (Å²) < 4.78 is 5.05. The van der Waals surface area contributed by atoms with Crippen LogP contribution in [0.4, 0.5) is 0 Å². The lowest BCUT2D eigenvalue weighted by Crippen LogP contribution is -2.29. The zero-order valence-corrected chi connectivity index (χ0v) is 11.5. The molecule has 3 heteroatoms. The second-order valence-corrected chi connectivity index (χ2v) is 4.82. The van der Waals surface area contributed by atoms with Gasteiger partial charge in [0.05, 0.1) is 18.6 Å². The molecule has 0 aliphatic carbocycles. The summed E-state index contributed by atoms with van der Waals surface area (Å²) in [4.78, 5) is 11.9. The Labute approximate surface area is 109 Å². The van der Waals surface area contributed by atoms with E-state index in [0.29, 0.717) is 6.61 Å². The molecular weight excluding hydrogens is 228 g/mol. The number of esters is 1. The second kappa shape index (κ2) is 6.55. The number of aliphatic hydroxyl groups excluding tert-OH is 1. The van der Waals surface area contributed by atoms with Crippen molar-refractivity contribution in [2.75, 3.05) is 6.61 Å². The molecule has 0 bridgehead atoms. The molecule has 0 saturated carbocycles. The van der Waals surface area contributed by atoms with Crippen LogP contribution < -0.4 is 0 Å². The molecule has 0 saturated heterocycles. The number of carbonyl (C=O) groups is 1. The molecule has 2 unspecified atom stereocenters. The van der Waals surface area contributed by atoms with Crippen LogP contribution in [0, 0.1) is 18.8 Å². The molecule has 0 amide bonds. The minimum Gasteiger partial charge on any atom is -0.466 e. The first-order valence-electron chi connectivity index (χ1n) is 6.39. The normalized spacial score (nSPS) is 14.3. The predicted molar refractivity (Wildman–Crippen MR) is 71.1 cm³/mol. The summed E-state index contributed by atoms with van der Waals surface area (Å²) in [6.07, 6.45) is -0.815. The van der Waals surface area contributed by atoms with Gasteiger partial charge in [-0.25, -0.2) is 0 Å². The quantitative estimate of drug-likeness (QED) is 0.817. The highest BCUT2D eigenvalue weighted by atomic mass is 16.5. The molecule has 1 aromatic carbocycles. The first-order valence-corrected chi connectivity index (χ1v) is 6.39. The Morgan fingerprint density at radius 2 is 1.94 bits per heavy atom. The van der Waals surface area contributed by atoms with Crippen LogP contribution >= 0.6 is 0 Å². The average molecular weight is 250 g/mol. The van der Waals surface area contributed by atoms with Crippen LogP contribution in [0.5, 0.6) is 0 Å². The lowest BCUT2D eigenvalue weighted by atomic mass is 9.85. The highest BCUT2D eigenvalue weighted by Gasteiger charge is 2.32. The van der Waals surface area contributed by atoms with Crippen molar-refractivity contribution < 1.29 is 14.6 Å². The van der Waals surface area contributed by atoms with Gasteiger partial charge in [-0.1, -0.05) is 38.1 Å². The molecular formula is C15H22O3. The third-order valence-corrected chi connectivity index (χ3v) is 3.12. The lowest BCUT2D eigenvalue weighted by molar-refractivity contribution is -0.154. The van der Waals surface area contributed by atoms with Gasteiger partial charge in [0.15, 0.2) is 0 Å². The smallest absolute Gasteiger partial charge is 0.312 e. The van der Waals surface area contributed by atoms with Crippen LogP contribution in [0.15, 0.2) is 24.3 Å². The molecule has 3 nitrogen and oxygen atoms in total. The average Bonchev–Trinajstić information content (AvgIpc) is 2.29. The summed E-state index contributed by atoms with van der Waals surface area (Å²) in [6, 6.07) is 7.57. The van der Waals surface area contributed by atoms with Crippen molar-refractivity contribution >= 4 is 5.97 Å². The Balaban J connectivity index is 3.00. The van der Waals surface area contributed by atoms with Crippen molar-refractivity contribution in [3.8, 4) is 0 Å². The van der Waals surface area contributed by atoms with E-state index in [1.807, 2.05) is 45.0 Å². The van der Waals surface area contributed by atoms with Gasteiger partial charge in [-0.3, -0.25) is 4.79 Å². The highest BCUT2D eigenvalue weighted by molar-refractivity contribution is 5.73. The monoisotopic (exact) mass is 250 g/mol. The number of ether oxygens (including phenoxy) is 1. The Hall–Kier alpha value is -1.35. The topological polar surface area (TPSA) is 46.5 Å². The summed E-state index contributed by atoms with van der Waals surface area (Å²) in [5.74, 6) is -0.826. The SMILES string of the molecule is CCOC(=O)C(C(C)C)C(O)c1ccccc1C. The number of benzene rings is 1. The minimum atomic E-state index is -0.815. The molecule has 18 heavy (non-hydrogen) atoms. The Bertz CT molecular complexity index is 398. The fraction of sp³-hybridized carbons (Fsp3) is 0.533. The zero-order valence-electron chi connectivity index (χ0n) is 11.5. The largest absolute Gasteiger partial charge is 0.466 e. The summed E-state index contributed by atoms with van der Waals surface area (Å²) >= 11 is 0. The van der Waals surface area contributed by atoms with Gasteiger partial charge in [0.1, 0.15) is 0 Å². The molecule has 1 rings (SSSR count). The highest BCUT2D eigenvalue weighted by Crippen LogP contribution is 2.30. The van der Waals surface area contributed by atoms with Gasteiger partial charge in [-0.15, -0.1) is 0 Å². The van der Waals surface area contributed by atoms with E-state index in [9.17, 15) is 9.90 Å². The number of rotatable bonds is 5. The van der Waals surface area contributed by atoms with Gasteiger partial charge in [0.2, 0.25) is 0 Å². The standard InChI is InChI=1S/C15H22O3/c1-5-18-15(17)13(10(2)3)14(16)12-9-7-6-8-11(12)4/h6-10,13-14,16H,5H2,1-4H3. The Morgan fingerprint density at radius 1 is 1.33 bits per heavy atom. The molecule has 0 aromatic heterocycles. The summed E-state index contributed by atoms with van der Waals surface area (Å²) in [7, 11) is 0. The van der Waals surface area contributed by atoms with Gasteiger partial charge in [0, 0.05) is 0 Å². The lowest BCUT2D eigenvalue weighted by Gasteiger charge is -2.25. The molecule has 0 aliphatic heterocycles. The van der Waals surface area contributed by atoms with Crippen LogP contribution in [0.3, 0.4) is 0 Å². The second-order valence-electron chi connectivity index (χ2n) is 4.82. The van der Waals surface area contributed by atoms with Crippen LogP contribution in [0.2, 0.25) is 0 Å². The van der Waals surface area contributed by atoms with Gasteiger partial charge < -0.3 is 9.84 Å². The molecule has 0 heterocycles. The van der Waals surface area contributed by atoms with E-state index in [-0.39, 0.29) is 11.9 Å². The van der Waals surface area contributed by atoms with Crippen LogP contribution in [-0.2, 0) is 9.53 Å². The van der Waals surface area contributed by atoms with Gasteiger partial charge >= 0.3 is 5.97 Å². The molecule has 1 N–H and O–H groups in total. The minimum absolute atomic E-state index is 0.0265. The first-order chi connectivity index (χ1) is 8.49. The van der Waals surface area contributed by atoms with E-state index in [0.717, 1.165) is 11.1 Å². The third-order valence-electron chi connectivity index (χ3n) is 3.12. The Morgan fingerprint density at radius 3 is 2.44 bits per heavy atom. The molecule has 0 aliphatic rings. The molecule has 0 radical (unpaired) electrons. The van der Waals surface area contributed by atoms with Crippen LogP contribution in [0.1, 0.15) is 38.0 Å². The van der Waals surface area contributed by atoms with Crippen LogP contribution in [0.25, 0.3) is 0 Å². The number of carbonyl (C=O) groups excluding carboxylic acids is 1. The van der Waals surface area contributed by atoms with Crippen molar-refractivity contribution in [3.05, 3.63) is 35.4 Å². The number of aliphatic hydroxyl groups is 1. The Kier molecular flexibility index (Phi) is 5.35. The van der Waals surface area contributed by atoms with E-state index in [1.165, 1.54) is 0 Å². The molecule has 1 aromatic rings.